The number of nitrogens with zero attached hydrogens (tertiary/aromatic N) is 1. The summed E-state index contributed by atoms with van der Waals surface area (Å²) in [7, 11) is 0. The molecule has 1 aromatic carbocycles. The van der Waals surface area contributed by atoms with Gasteiger partial charge in [-0.3, -0.25) is 0 Å². The van der Waals surface area contributed by atoms with Gasteiger partial charge in [0.2, 0.25) is 0 Å². The Morgan fingerprint density at radius 1 is 1.24 bits per heavy atom. The second-order valence-corrected chi connectivity index (χ2v) is 6.62. The molecule has 0 bridgehead atoms. The van der Waals surface area contributed by atoms with Crippen molar-refractivity contribution >= 4 is 22.9 Å². The molecule has 2 rings (SSSR count). The van der Waals surface area contributed by atoms with E-state index >= 15 is 0 Å². The summed E-state index contributed by atoms with van der Waals surface area (Å²) in [6, 6.07) is 7.30. The van der Waals surface area contributed by atoms with Gasteiger partial charge in [0.1, 0.15) is 11.8 Å². The molecule has 1 heterocycles. The Hall–Kier alpha value is -1.95. The van der Waals surface area contributed by atoms with E-state index in [-0.39, 0.29) is 5.97 Å². The minimum Gasteiger partial charge on any atom is -0.494 e. The Kier molecular flexibility index (Phi) is 7.37. The van der Waals surface area contributed by atoms with Crippen LogP contribution in [0.2, 0.25) is 0 Å². The van der Waals surface area contributed by atoms with Gasteiger partial charge in [-0.15, -0.1) is 0 Å². The standard InChI is InChI=1S/C19H26N2O3S/c1-5-12-25-19-20-13(4)16(18(22)24-7-3)17(21-19)14-10-8-9-11-15(14)23-6-2/h8-11,17H,5-7,12H2,1-4H3,(H,20,21)/t17-/m1/s1. The molecule has 0 radical (unpaired) electrons. The molecule has 25 heavy (non-hydrogen) atoms. The first-order valence-corrected chi connectivity index (χ1v) is 9.68. The minimum absolute atomic E-state index is 0.330. The maximum Gasteiger partial charge on any atom is 0.338 e. The zero-order chi connectivity index (χ0) is 18.2. The Balaban J connectivity index is 2.47. The molecule has 0 saturated heterocycles. The van der Waals surface area contributed by atoms with E-state index < -0.39 is 6.04 Å². The number of amidine groups is 1. The zero-order valence-corrected chi connectivity index (χ0v) is 16.1. The number of benzene rings is 1. The van der Waals surface area contributed by atoms with Crippen LogP contribution in [0.15, 0.2) is 40.5 Å². The monoisotopic (exact) mass is 362 g/mol. The first kappa shape index (κ1) is 19.4. The number of carbonyl (C=O) groups excluding carboxylic acids is 1. The van der Waals surface area contributed by atoms with Gasteiger partial charge in [-0.1, -0.05) is 36.9 Å². The number of carbonyl (C=O) groups is 1. The number of thioether (sulfide) groups is 1. The molecule has 1 N–H and O–H groups in total. The molecular weight excluding hydrogens is 336 g/mol. The molecule has 0 spiro atoms. The van der Waals surface area contributed by atoms with Crippen molar-refractivity contribution in [1.29, 1.82) is 0 Å². The molecule has 0 aliphatic carbocycles. The molecule has 1 aromatic rings. The average molecular weight is 362 g/mol. The highest BCUT2D eigenvalue weighted by Crippen LogP contribution is 2.37. The summed E-state index contributed by atoms with van der Waals surface area (Å²) in [6.07, 6.45) is 1.05. The first-order chi connectivity index (χ1) is 12.1. The number of rotatable bonds is 7. The summed E-state index contributed by atoms with van der Waals surface area (Å²) in [6.45, 7) is 8.66. The summed E-state index contributed by atoms with van der Waals surface area (Å²) in [4.78, 5) is 17.3. The number of hydrogen-bond donors (Lipinski definition) is 1. The van der Waals surface area contributed by atoms with Crippen LogP contribution in [-0.2, 0) is 9.53 Å². The van der Waals surface area contributed by atoms with Gasteiger partial charge in [-0.25, -0.2) is 9.79 Å². The highest BCUT2D eigenvalue weighted by atomic mass is 32.2. The largest absolute Gasteiger partial charge is 0.494 e. The van der Waals surface area contributed by atoms with Crippen LogP contribution in [0, 0.1) is 0 Å². The molecule has 1 atom stereocenters. The molecule has 0 aromatic heterocycles. The van der Waals surface area contributed by atoms with E-state index in [4.69, 9.17) is 14.5 Å². The van der Waals surface area contributed by atoms with Gasteiger partial charge in [-0.2, -0.15) is 0 Å². The SMILES string of the molecule is CCCSC1=N[C@H](c2ccccc2OCC)C(C(=O)OCC)=C(C)N1. The van der Waals surface area contributed by atoms with E-state index in [1.807, 2.05) is 38.1 Å². The molecule has 1 aliphatic rings. The van der Waals surface area contributed by atoms with Crippen LogP contribution in [0.25, 0.3) is 0 Å². The van der Waals surface area contributed by atoms with Gasteiger partial charge in [0, 0.05) is 17.0 Å². The van der Waals surface area contributed by atoms with Gasteiger partial charge in [0.05, 0.1) is 18.8 Å². The normalized spacial score (nSPS) is 17.0. The Morgan fingerprint density at radius 2 is 2.00 bits per heavy atom. The summed E-state index contributed by atoms with van der Waals surface area (Å²) in [5.41, 5.74) is 2.20. The lowest BCUT2D eigenvalue weighted by Crippen LogP contribution is -2.30. The zero-order valence-electron chi connectivity index (χ0n) is 15.3. The van der Waals surface area contributed by atoms with Crippen LogP contribution in [0.3, 0.4) is 0 Å². The van der Waals surface area contributed by atoms with Crippen LogP contribution in [0.4, 0.5) is 0 Å². The Bertz CT molecular complexity index is 670. The van der Waals surface area contributed by atoms with Crippen molar-refractivity contribution in [1.82, 2.24) is 5.32 Å². The van der Waals surface area contributed by atoms with Crippen LogP contribution in [-0.4, -0.2) is 30.1 Å². The van der Waals surface area contributed by atoms with Crippen molar-refractivity contribution in [3.63, 3.8) is 0 Å². The van der Waals surface area contributed by atoms with Crippen molar-refractivity contribution in [2.45, 2.75) is 40.2 Å². The second kappa shape index (κ2) is 9.51. The van der Waals surface area contributed by atoms with E-state index in [1.165, 1.54) is 0 Å². The van der Waals surface area contributed by atoms with Crippen molar-refractivity contribution in [2.75, 3.05) is 19.0 Å². The van der Waals surface area contributed by atoms with Crippen molar-refractivity contribution in [2.24, 2.45) is 4.99 Å². The van der Waals surface area contributed by atoms with Gasteiger partial charge in [0.15, 0.2) is 5.17 Å². The number of hydrogen-bond acceptors (Lipinski definition) is 6. The lowest BCUT2D eigenvalue weighted by molar-refractivity contribution is -0.138. The van der Waals surface area contributed by atoms with Crippen molar-refractivity contribution in [3.8, 4) is 5.75 Å². The Morgan fingerprint density at radius 3 is 2.68 bits per heavy atom. The summed E-state index contributed by atoms with van der Waals surface area (Å²) >= 11 is 1.66. The third-order valence-corrected chi connectivity index (χ3v) is 4.76. The van der Waals surface area contributed by atoms with E-state index in [1.54, 1.807) is 18.7 Å². The van der Waals surface area contributed by atoms with Crippen LogP contribution in [0.5, 0.6) is 5.75 Å². The van der Waals surface area contributed by atoms with Crippen LogP contribution < -0.4 is 10.1 Å². The summed E-state index contributed by atoms with van der Waals surface area (Å²) in [5.74, 6) is 1.37. The molecular formula is C19H26N2O3S. The van der Waals surface area contributed by atoms with Gasteiger partial charge >= 0.3 is 5.97 Å². The summed E-state index contributed by atoms with van der Waals surface area (Å²) in [5, 5.41) is 4.07. The molecule has 0 amide bonds. The minimum atomic E-state index is -0.428. The predicted octanol–water partition coefficient (Wildman–Crippen LogP) is 4.07. The average Bonchev–Trinajstić information content (AvgIpc) is 2.60. The van der Waals surface area contributed by atoms with Gasteiger partial charge in [-0.05, 0) is 33.3 Å². The highest BCUT2D eigenvalue weighted by Gasteiger charge is 2.32. The van der Waals surface area contributed by atoms with Crippen molar-refractivity contribution < 1.29 is 14.3 Å². The molecule has 1 aliphatic heterocycles. The quantitative estimate of drug-likeness (QED) is 0.741. The highest BCUT2D eigenvalue weighted by molar-refractivity contribution is 8.13. The molecule has 0 fully saturated rings. The second-order valence-electron chi connectivity index (χ2n) is 5.54. The third kappa shape index (κ3) is 4.78. The molecule has 0 saturated carbocycles. The molecule has 6 heteroatoms. The number of aliphatic imine (C=N–C) groups is 1. The molecule has 5 nitrogen and oxygen atoms in total. The summed E-state index contributed by atoms with van der Waals surface area (Å²) < 4.78 is 11.0. The Labute approximate surface area is 153 Å². The van der Waals surface area contributed by atoms with Gasteiger partial charge in [0.25, 0.3) is 0 Å². The number of para-hydroxylation sites is 1. The number of allylic oxidation sites excluding steroid dienone is 1. The van der Waals surface area contributed by atoms with E-state index in [0.29, 0.717) is 18.8 Å². The topological polar surface area (TPSA) is 59.9 Å². The van der Waals surface area contributed by atoms with E-state index in [9.17, 15) is 4.79 Å². The lowest BCUT2D eigenvalue weighted by atomic mass is 9.96. The number of nitrogens with one attached hydrogen (secondary N) is 1. The van der Waals surface area contributed by atoms with Crippen molar-refractivity contribution in [3.05, 3.63) is 41.1 Å². The van der Waals surface area contributed by atoms with Gasteiger partial charge < -0.3 is 14.8 Å². The smallest absolute Gasteiger partial charge is 0.338 e. The fraction of sp³-hybridized carbons (Fsp3) is 0.474. The third-order valence-electron chi connectivity index (χ3n) is 3.67. The van der Waals surface area contributed by atoms with E-state index in [0.717, 1.165) is 34.4 Å². The number of esters is 1. The lowest BCUT2D eigenvalue weighted by Gasteiger charge is -2.26. The van der Waals surface area contributed by atoms with Crippen LogP contribution in [0.1, 0.15) is 45.7 Å². The van der Waals surface area contributed by atoms with Crippen LogP contribution >= 0.6 is 11.8 Å². The first-order valence-electron chi connectivity index (χ1n) is 8.69. The molecule has 0 unspecified atom stereocenters. The predicted molar refractivity (Wildman–Crippen MR) is 103 cm³/mol. The maximum absolute atomic E-state index is 12.5. The number of ether oxygens (including phenoxy) is 2. The maximum atomic E-state index is 12.5. The fourth-order valence-electron chi connectivity index (χ4n) is 2.61. The fourth-order valence-corrected chi connectivity index (χ4v) is 3.41. The molecule has 136 valence electrons. The van der Waals surface area contributed by atoms with E-state index in [2.05, 4.69) is 12.2 Å².